The van der Waals surface area contributed by atoms with Gasteiger partial charge in [-0.15, -0.1) is 0 Å². The third-order valence-corrected chi connectivity index (χ3v) is 5.66. The molecule has 0 fully saturated rings. The first-order chi connectivity index (χ1) is 13.7. The van der Waals surface area contributed by atoms with Crippen LogP contribution in [0.25, 0.3) is 0 Å². The molecule has 0 saturated heterocycles. The fourth-order valence-corrected chi connectivity index (χ4v) is 3.77. The molecule has 0 saturated carbocycles. The van der Waals surface area contributed by atoms with Gasteiger partial charge in [-0.25, -0.2) is 0 Å². The summed E-state index contributed by atoms with van der Waals surface area (Å²) in [7, 11) is 0. The van der Waals surface area contributed by atoms with Crippen LogP contribution in [-0.4, -0.2) is 31.1 Å². The molecule has 0 rings (SSSR count). The van der Waals surface area contributed by atoms with Crippen LogP contribution >= 0.6 is 0 Å². The predicted molar refractivity (Wildman–Crippen MR) is 126 cm³/mol. The van der Waals surface area contributed by atoms with Gasteiger partial charge in [0.1, 0.15) is 0 Å². The number of hydrogen-bond donors (Lipinski definition) is 0. The lowest BCUT2D eigenvalue weighted by atomic mass is 9.99. The lowest BCUT2D eigenvalue weighted by Crippen LogP contribution is -2.28. The van der Waals surface area contributed by atoms with E-state index in [1.807, 2.05) is 0 Å². The summed E-state index contributed by atoms with van der Waals surface area (Å²) in [5.41, 5.74) is 0. The van der Waals surface area contributed by atoms with Gasteiger partial charge in [0, 0.05) is 6.54 Å². The van der Waals surface area contributed by atoms with Crippen molar-refractivity contribution in [1.82, 2.24) is 4.90 Å². The summed E-state index contributed by atoms with van der Waals surface area (Å²) in [5.74, 6) is 0.812. The maximum absolute atomic E-state index is 10.2. The Hall–Kier alpha value is -0.700. The first-order valence-corrected chi connectivity index (χ1v) is 12.4. The predicted octanol–water partition coefficient (Wildman–Crippen LogP) is 8.14. The van der Waals surface area contributed by atoms with Gasteiger partial charge < -0.3 is 4.90 Å². The van der Waals surface area contributed by atoms with Crippen LogP contribution in [0.15, 0.2) is 17.3 Å². The van der Waals surface area contributed by atoms with E-state index in [0.29, 0.717) is 6.54 Å². The van der Waals surface area contributed by atoms with Crippen molar-refractivity contribution in [3.8, 4) is 0 Å². The Kier molecular flexibility index (Phi) is 22.0. The molecule has 0 heterocycles. The molecule has 0 aliphatic heterocycles. The minimum absolute atomic E-state index is 0.461. The summed E-state index contributed by atoms with van der Waals surface area (Å²) in [6.45, 7) is 10.7. The molecule has 0 amide bonds. The van der Waals surface area contributed by atoms with E-state index in [4.69, 9.17) is 0 Å². The van der Waals surface area contributed by atoms with Crippen molar-refractivity contribution in [1.29, 1.82) is 0 Å². The molecule has 0 aliphatic carbocycles. The quantitative estimate of drug-likeness (QED) is 0.105. The van der Waals surface area contributed by atoms with Gasteiger partial charge in [-0.05, 0) is 64.0 Å². The zero-order valence-corrected chi connectivity index (χ0v) is 19.5. The molecule has 0 radical (unpaired) electrons. The normalized spacial score (nSPS) is 12.9. The maximum Gasteiger partial charge on any atom is 0.0823 e. The lowest BCUT2D eigenvalue weighted by molar-refractivity contribution is 0.249. The molecule has 3 heteroatoms. The molecule has 0 aromatic rings. The van der Waals surface area contributed by atoms with E-state index in [-0.39, 0.29) is 0 Å². The molecule has 0 aromatic heterocycles. The fourth-order valence-electron chi connectivity index (χ4n) is 3.77. The van der Waals surface area contributed by atoms with E-state index in [1.165, 1.54) is 96.4 Å². The standard InChI is InChI=1S/C25H50N2O/c1-4-6-7-8-9-10-11-12-13-14-15-16-17-19-25(3)20-24-27(22-5-2)23-18-21-26-28/h12-13,25H,4-11,14-24H2,1-3H3/b13-12-. The summed E-state index contributed by atoms with van der Waals surface area (Å²) in [5, 5.41) is 2.98. The Morgan fingerprint density at radius 2 is 1.36 bits per heavy atom. The monoisotopic (exact) mass is 394 g/mol. The highest BCUT2D eigenvalue weighted by atomic mass is 16.3. The van der Waals surface area contributed by atoms with Crippen LogP contribution in [0.3, 0.4) is 0 Å². The van der Waals surface area contributed by atoms with E-state index in [0.717, 1.165) is 25.4 Å². The molecule has 0 bridgehead atoms. The average Bonchev–Trinajstić information content (AvgIpc) is 2.69. The third kappa shape index (κ3) is 20.0. The molecular weight excluding hydrogens is 344 g/mol. The molecule has 28 heavy (non-hydrogen) atoms. The van der Waals surface area contributed by atoms with E-state index >= 15 is 0 Å². The minimum Gasteiger partial charge on any atom is -0.303 e. The SMILES string of the molecule is CCCCCCCC/C=C\CCCCCC(C)CCN(CCC)CCCN=O. The second kappa shape index (κ2) is 22.6. The van der Waals surface area contributed by atoms with E-state index in [1.54, 1.807) is 0 Å². The van der Waals surface area contributed by atoms with Crippen molar-refractivity contribution in [3.05, 3.63) is 17.1 Å². The van der Waals surface area contributed by atoms with E-state index in [2.05, 4.69) is 43.0 Å². The van der Waals surface area contributed by atoms with Crippen molar-refractivity contribution in [3.63, 3.8) is 0 Å². The Balaban J connectivity index is 3.51. The molecule has 166 valence electrons. The number of unbranched alkanes of at least 4 members (excludes halogenated alkanes) is 9. The van der Waals surface area contributed by atoms with E-state index < -0.39 is 0 Å². The number of nitroso groups, excluding NO2 is 1. The Bertz CT molecular complexity index is 343. The van der Waals surface area contributed by atoms with Crippen LogP contribution in [0.2, 0.25) is 0 Å². The lowest BCUT2D eigenvalue weighted by Gasteiger charge is -2.23. The van der Waals surface area contributed by atoms with Gasteiger partial charge in [-0.1, -0.05) is 89.5 Å². The third-order valence-electron chi connectivity index (χ3n) is 5.66. The second-order valence-corrected chi connectivity index (χ2v) is 8.61. The number of allylic oxidation sites excluding steroid dienone is 2. The molecule has 0 spiro atoms. The zero-order valence-electron chi connectivity index (χ0n) is 19.5. The van der Waals surface area contributed by atoms with Crippen LogP contribution in [0.1, 0.15) is 117 Å². The van der Waals surface area contributed by atoms with Crippen LogP contribution < -0.4 is 0 Å². The molecule has 1 atom stereocenters. The largest absolute Gasteiger partial charge is 0.303 e. The van der Waals surface area contributed by atoms with Crippen molar-refractivity contribution in [2.45, 2.75) is 117 Å². The number of rotatable bonds is 22. The zero-order chi connectivity index (χ0) is 20.7. The van der Waals surface area contributed by atoms with Gasteiger partial charge in [0.2, 0.25) is 0 Å². The fraction of sp³-hybridized carbons (Fsp3) is 0.920. The topological polar surface area (TPSA) is 32.7 Å². The van der Waals surface area contributed by atoms with Crippen LogP contribution in [0.5, 0.6) is 0 Å². The maximum atomic E-state index is 10.2. The first kappa shape index (κ1) is 27.3. The molecular formula is C25H50N2O. The summed E-state index contributed by atoms with van der Waals surface area (Å²) >= 11 is 0. The summed E-state index contributed by atoms with van der Waals surface area (Å²) in [6.07, 6.45) is 24.6. The van der Waals surface area contributed by atoms with Gasteiger partial charge in [0.25, 0.3) is 0 Å². The first-order valence-electron chi connectivity index (χ1n) is 12.4. The van der Waals surface area contributed by atoms with Crippen molar-refractivity contribution in [2.75, 3.05) is 26.2 Å². The molecule has 3 nitrogen and oxygen atoms in total. The highest BCUT2D eigenvalue weighted by Gasteiger charge is 2.07. The molecule has 0 aromatic carbocycles. The number of hydrogen-bond acceptors (Lipinski definition) is 3. The second-order valence-electron chi connectivity index (χ2n) is 8.61. The van der Waals surface area contributed by atoms with Crippen LogP contribution in [0.4, 0.5) is 0 Å². The van der Waals surface area contributed by atoms with Crippen molar-refractivity contribution in [2.24, 2.45) is 11.1 Å². The highest BCUT2D eigenvalue weighted by Crippen LogP contribution is 2.15. The highest BCUT2D eigenvalue weighted by molar-refractivity contribution is 4.81. The Morgan fingerprint density at radius 3 is 2.00 bits per heavy atom. The average molecular weight is 395 g/mol. The van der Waals surface area contributed by atoms with Gasteiger partial charge in [0.15, 0.2) is 0 Å². The van der Waals surface area contributed by atoms with Gasteiger partial charge in [-0.2, -0.15) is 4.91 Å². The minimum atomic E-state index is 0.461. The summed E-state index contributed by atoms with van der Waals surface area (Å²) < 4.78 is 0. The molecule has 0 aliphatic rings. The van der Waals surface area contributed by atoms with E-state index in [9.17, 15) is 4.91 Å². The van der Waals surface area contributed by atoms with Gasteiger partial charge in [0.05, 0.1) is 6.54 Å². The molecule has 1 unspecified atom stereocenters. The molecule has 0 N–H and O–H groups in total. The Morgan fingerprint density at radius 1 is 0.714 bits per heavy atom. The van der Waals surface area contributed by atoms with Crippen LogP contribution in [0, 0.1) is 10.8 Å². The summed E-state index contributed by atoms with van der Waals surface area (Å²) in [6, 6.07) is 0. The van der Waals surface area contributed by atoms with Crippen LogP contribution in [-0.2, 0) is 0 Å². The number of nitrogens with zero attached hydrogens (tertiary/aromatic N) is 2. The smallest absolute Gasteiger partial charge is 0.0823 e. The van der Waals surface area contributed by atoms with Gasteiger partial charge >= 0.3 is 0 Å². The van der Waals surface area contributed by atoms with Gasteiger partial charge in [-0.3, -0.25) is 0 Å². The van der Waals surface area contributed by atoms with Crippen molar-refractivity contribution < 1.29 is 0 Å². The Labute approximate surface area is 176 Å². The van der Waals surface area contributed by atoms with Crippen molar-refractivity contribution >= 4 is 0 Å². The summed E-state index contributed by atoms with van der Waals surface area (Å²) in [4.78, 5) is 12.8.